The van der Waals surface area contributed by atoms with Gasteiger partial charge in [-0.15, -0.1) is 0 Å². The molecule has 0 spiro atoms. The molecule has 5 heterocycles. The van der Waals surface area contributed by atoms with Gasteiger partial charge in [-0.25, -0.2) is 29.3 Å². The molecule has 0 bridgehead atoms. The first-order valence-electron chi connectivity index (χ1n) is 13.9. The summed E-state index contributed by atoms with van der Waals surface area (Å²) in [6.07, 6.45) is 4.36. The third-order valence-corrected chi connectivity index (χ3v) is 7.77. The van der Waals surface area contributed by atoms with Crippen molar-refractivity contribution in [3.63, 3.8) is 0 Å². The first-order valence-corrected chi connectivity index (χ1v) is 13.9. The lowest BCUT2D eigenvalue weighted by Crippen LogP contribution is -2.50. The molecular formula is C31H26FN9O3. The Labute approximate surface area is 249 Å². The molecule has 0 radical (unpaired) electrons. The fraction of sp³-hybridized carbons (Fsp3) is 0.194. The molecular weight excluding hydrogens is 565 g/mol. The van der Waals surface area contributed by atoms with E-state index < -0.39 is 16.7 Å². The summed E-state index contributed by atoms with van der Waals surface area (Å²) >= 11 is 0. The first kappa shape index (κ1) is 27.3. The van der Waals surface area contributed by atoms with Crippen LogP contribution in [0.15, 0.2) is 76.7 Å². The minimum atomic E-state index is -0.556. The molecule has 6 aromatic rings. The van der Waals surface area contributed by atoms with Crippen LogP contribution in [0, 0.1) is 5.82 Å². The Morgan fingerprint density at radius 3 is 2.41 bits per heavy atom. The molecule has 4 aromatic heterocycles. The maximum atomic E-state index is 13.5. The zero-order chi connectivity index (χ0) is 30.4. The van der Waals surface area contributed by atoms with Crippen molar-refractivity contribution in [2.45, 2.75) is 6.54 Å². The Balaban J connectivity index is 1.18. The van der Waals surface area contributed by atoms with E-state index in [1.807, 2.05) is 39.8 Å². The predicted molar refractivity (Wildman–Crippen MR) is 163 cm³/mol. The number of nitrogens with two attached hydrogens (primary N) is 1. The van der Waals surface area contributed by atoms with E-state index in [1.54, 1.807) is 18.5 Å². The molecule has 0 unspecified atom stereocenters. The monoisotopic (exact) mass is 591 g/mol. The van der Waals surface area contributed by atoms with Gasteiger partial charge < -0.3 is 15.4 Å². The van der Waals surface area contributed by atoms with Crippen molar-refractivity contribution >= 4 is 22.7 Å². The van der Waals surface area contributed by atoms with Crippen LogP contribution in [0.3, 0.4) is 0 Å². The first-order chi connectivity index (χ1) is 21.4. The van der Waals surface area contributed by atoms with Crippen LogP contribution in [0.1, 0.15) is 5.56 Å². The van der Waals surface area contributed by atoms with Gasteiger partial charge in [-0.1, -0.05) is 12.1 Å². The highest BCUT2D eigenvalue weighted by Gasteiger charge is 2.29. The Morgan fingerprint density at radius 2 is 1.70 bits per heavy atom. The predicted octanol–water partition coefficient (Wildman–Crippen LogP) is 2.59. The molecule has 0 atom stereocenters. The van der Waals surface area contributed by atoms with E-state index in [1.165, 1.54) is 19.2 Å². The number of nitrogens with zero attached hydrogens (tertiary/aromatic N) is 8. The van der Waals surface area contributed by atoms with Crippen LogP contribution in [0.4, 0.5) is 15.9 Å². The van der Waals surface area contributed by atoms with Gasteiger partial charge in [0.05, 0.1) is 25.1 Å². The second kappa shape index (κ2) is 10.9. The van der Waals surface area contributed by atoms with Crippen LogP contribution in [-0.4, -0.2) is 67.7 Å². The Hall–Kier alpha value is -5.56. The van der Waals surface area contributed by atoms with Crippen LogP contribution in [0.2, 0.25) is 0 Å². The summed E-state index contributed by atoms with van der Waals surface area (Å²) in [5.74, 6) is 0.932. The molecule has 1 aliphatic rings. The molecule has 12 nitrogen and oxygen atoms in total. The number of aromatic nitrogens is 6. The van der Waals surface area contributed by atoms with Gasteiger partial charge in [-0.05, 0) is 42.0 Å². The number of methoxy groups -OCH3 is 1. The van der Waals surface area contributed by atoms with Crippen molar-refractivity contribution in [3.05, 3.63) is 98.9 Å². The molecule has 1 fully saturated rings. The highest BCUT2D eigenvalue weighted by atomic mass is 19.1. The summed E-state index contributed by atoms with van der Waals surface area (Å²) < 4.78 is 20.5. The molecule has 2 aromatic carbocycles. The van der Waals surface area contributed by atoms with Crippen molar-refractivity contribution in [1.29, 1.82) is 0 Å². The summed E-state index contributed by atoms with van der Waals surface area (Å²) in [6, 6.07) is 14.6. The van der Waals surface area contributed by atoms with Gasteiger partial charge in [0.1, 0.15) is 28.5 Å². The molecule has 0 aliphatic carbocycles. The van der Waals surface area contributed by atoms with Crippen molar-refractivity contribution in [3.8, 4) is 34.3 Å². The van der Waals surface area contributed by atoms with Gasteiger partial charge in [0, 0.05) is 44.6 Å². The topological polar surface area (TPSA) is 145 Å². The number of benzene rings is 1. The van der Waals surface area contributed by atoms with Crippen molar-refractivity contribution < 1.29 is 9.13 Å². The van der Waals surface area contributed by atoms with Crippen molar-refractivity contribution in [1.82, 2.24) is 34.4 Å². The lowest BCUT2D eigenvalue weighted by molar-refractivity contribution is 0.248. The maximum absolute atomic E-state index is 13.5. The third-order valence-electron chi connectivity index (χ3n) is 7.77. The Bertz CT molecular complexity index is 2060. The number of piperazine rings is 1. The lowest BCUT2D eigenvalue weighted by Gasteiger charge is -2.36. The fourth-order valence-electron chi connectivity index (χ4n) is 5.51. The van der Waals surface area contributed by atoms with E-state index in [2.05, 4.69) is 19.9 Å². The summed E-state index contributed by atoms with van der Waals surface area (Å²) in [5, 5.41) is 0. The van der Waals surface area contributed by atoms with Crippen LogP contribution >= 0.6 is 0 Å². The summed E-state index contributed by atoms with van der Waals surface area (Å²) in [5.41, 5.74) is 9.69. The van der Waals surface area contributed by atoms with Gasteiger partial charge >= 0.3 is 0 Å². The molecule has 13 heteroatoms. The normalized spacial score (nSPS) is 14.0. The number of pyridine rings is 2. The van der Waals surface area contributed by atoms with Crippen LogP contribution < -0.4 is 26.2 Å². The highest BCUT2D eigenvalue weighted by Crippen LogP contribution is 2.31. The van der Waals surface area contributed by atoms with Gasteiger partial charge in [-0.3, -0.25) is 19.1 Å². The van der Waals surface area contributed by atoms with Gasteiger partial charge in [0.25, 0.3) is 10.9 Å². The molecule has 44 heavy (non-hydrogen) atoms. The molecule has 1 saturated heterocycles. The molecule has 2 N–H and O–H groups in total. The number of hydrogen-bond acceptors (Lipinski definition) is 11. The van der Waals surface area contributed by atoms with Crippen LogP contribution in [-0.2, 0) is 6.54 Å². The summed E-state index contributed by atoms with van der Waals surface area (Å²) in [6.45, 7) is 3.43. The molecule has 0 saturated carbocycles. The maximum Gasteiger partial charge on any atom is 0.272 e. The van der Waals surface area contributed by atoms with Crippen molar-refractivity contribution in [2.75, 3.05) is 43.9 Å². The van der Waals surface area contributed by atoms with Crippen LogP contribution in [0.25, 0.3) is 39.8 Å². The molecule has 220 valence electrons. The van der Waals surface area contributed by atoms with E-state index in [9.17, 15) is 14.0 Å². The number of rotatable bonds is 7. The van der Waals surface area contributed by atoms with Gasteiger partial charge in [0.15, 0.2) is 23.0 Å². The molecule has 1 aliphatic heterocycles. The summed E-state index contributed by atoms with van der Waals surface area (Å²) in [4.78, 5) is 50.4. The second-order valence-corrected chi connectivity index (χ2v) is 10.4. The minimum Gasteiger partial charge on any atom is -0.491 e. The van der Waals surface area contributed by atoms with E-state index in [-0.39, 0.29) is 5.75 Å². The average molecular weight is 592 g/mol. The van der Waals surface area contributed by atoms with Gasteiger partial charge in [-0.2, -0.15) is 0 Å². The van der Waals surface area contributed by atoms with Crippen LogP contribution in [0.5, 0.6) is 5.75 Å². The Kier molecular flexibility index (Phi) is 6.78. The van der Waals surface area contributed by atoms with E-state index in [0.717, 1.165) is 30.5 Å². The minimum absolute atomic E-state index is 0.157. The lowest BCUT2D eigenvalue weighted by atomic mass is 10.1. The highest BCUT2D eigenvalue weighted by molar-refractivity contribution is 5.83. The molecule has 0 amide bonds. The number of anilines is 2. The second-order valence-electron chi connectivity index (χ2n) is 10.4. The average Bonchev–Trinajstić information content (AvgIpc) is 3.43. The Morgan fingerprint density at radius 1 is 0.909 bits per heavy atom. The zero-order valence-corrected chi connectivity index (χ0v) is 23.6. The zero-order valence-electron chi connectivity index (χ0n) is 23.6. The number of hydrogen-bond donors (Lipinski definition) is 1. The third kappa shape index (κ3) is 4.72. The standard InChI is InChI=1S/C31H26FN9O3/c1-44-27-24(25(42)26(27)43)40-13-11-39(12-14-40)17-18-4-7-20(8-5-18)41-30(21-3-2-10-34-28(21)33)37-23-16-36-29(38-31(23)41)22-9-6-19(32)15-35-22/h2-10,15-16H,11-14,17H2,1H3,(H2,33,34). The smallest absolute Gasteiger partial charge is 0.272 e. The summed E-state index contributed by atoms with van der Waals surface area (Å²) in [7, 11) is 1.41. The largest absolute Gasteiger partial charge is 0.491 e. The number of imidazole rings is 1. The van der Waals surface area contributed by atoms with E-state index >= 15 is 0 Å². The number of halogens is 1. The fourth-order valence-corrected chi connectivity index (χ4v) is 5.51. The number of ether oxygens (including phenoxy) is 1. The van der Waals surface area contributed by atoms with E-state index in [0.29, 0.717) is 65.2 Å². The van der Waals surface area contributed by atoms with E-state index in [4.69, 9.17) is 20.4 Å². The molecule has 7 rings (SSSR count). The number of fused-ring (bicyclic) bond motifs is 1. The van der Waals surface area contributed by atoms with Gasteiger partial charge in [0.2, 0.25) is 0 Å². The quantitative estimate of drug-likeness (QED) is 0.274. The van der Waals surface area contributed by atoms with Crippen molar-refractivity contribution in [2.24, 2.45) is 0 Å². The number of nitrogen functional groups attached to an aromatic ring is 1. The SMILES string of the molecule is COc1c(N2CCN(Cc3ccc(-n4c(-c5cccnc5N)nc5cnc(-c6ccc(F)cn6)nc54)cc3)CC2)c(=O)c1=O.